The second kappa shape index (κ2) is 10.5. The average Bonchev–Trinajstić information content (AvgIpc) is 2.79. The van der Waals surface area contributed by atoms with Gasteiger partial charge in [0.05, 0.1) is 12.2 Å². The van der Waals surface area contributed by atoms with Crippen molar-refractivity contribution in [3.8, 4) is 5.75 Å². The van der Waals surface area contributed by atoms with Gasteiger partial charge in [-0.3, -0.25) is 14.3 Å². The Labute approximate surface area is 177 Å². The SMILES string of the molecule is CCCCCCC(C(c1ccccc1)c1ccccc1)n1ncc(=O)c(O)c1C=O. The smallest absolute Gasteiger partial charge is 0.242 e. The first-order chi connectivity index (χ1) is 14.7. The van der Waals surface area contributed by atoms with E-state index in [1.165, 1.54) is 0 Å². The van der Waals surface area contributed by atoms with Crippen molar-refractivity contribution in [1.29, 1.82) is 0 Å². The van der Waals surface area contributed by atoms with Gasteiger partial charge in [-0.2, -0.15) is 5.10 Å². The summed E-state index contributed by atoms with van der Waals surface area (Å²) in [4.78, 5) is 23.7. The Bertz CT molecular complexity index is 960. The zero-order valence-electron chi connectivity index (χ0n) is 17.3. The molecular formula is C25H28N2O3. The Balaban J connectivity index is 2.15. The number of carbonyl (C=O) groups excluding carboxylic acids is 1. The highest BCUT2D eigenvalue weighted by Gasteiger charge is 2.29. The molecule has 0 spiro atoms. The predicted molar refractivity (Wildman–Crippen MR) is 118 cm³/mol. The molecule has 3 aromatic rings. The monoisotopic (exact) mass is 404 g/mol. The number of carbonyl (C=O) groups is 1. The van der Waals surface area contributed by atoms with Gasteiger partial charge in [0, 0.05) is 5.92 Å². The van der Waals surface area contributed by atoms with Crippen LogP contribution in [0, 0.1) is 0 Å². The summed E-state index contributed by atoms with van der Waals surface area (Å²) in [5.74, 6) is -0.624. The number of hydrogen-bond donors (Lipinski definition) is 1. The number of unbranched alkanes of at least 4 members (excludes halogenated alkanes) is 3. The highest BCUT2D eigenvalue weighted by Crippen LogP contribution is 2.39. The first kappa shape index (κ1) is 21.5. The fourth-order valence-corrected chi connectivity index (χ4v) is 4.01. The summed E-state index contributed by atoms with van der Waals surface area (Å²) < 4.78 is 1.54. The van der Waals surface area contributed by atoms with Crippen LogP contribution in [-0.4, -0.2) is 21.2 Å². The van der Waals surface area contributed by atoms with Gasteiger partial charge in [-0.15, -0.1) is 0 Å². The van der Waals surface area contributed by atoms with Crippen LogP contribution >= 0.6 is 0 Å². The number of hydrogen-bond acceptors (Lipinski definition) is 4. The fraction of sp³-hybridized carbons (Fsp3) is 0.320. The highest BCUT2D eigenvalue weighted by atomic mass is 16.3. The second-order valence-corrected chi connectivity index (χ2v) is 7.52. The van der Waals surface area contributed by atoms with E-state index >= 15 is 0 Å². The maximum atomic E-state index is 11.9. The van der Waals surface area contributed by atoms with Crippen LogP contribution in [0.1, 0.15) is 72.6 Å². The summed E-state index contributed by atoms with van der Waals surface area (Å²) in [7, 11) is 0. The molecule has 0 saturated carbocycles. The third-order valence-electron chi connectivity index (χ3n) is 5.50. The minimum Gasteiger partial charge on any atom is -0.503 e. The Morgan fingerprint density at radius 2 is 1.57 bits per heavy atom. The van der Waals surface area contributed by atoms with E-state index in [9.17, 15) is 14.7 Å². The Hall–Kier alpha value is -3.21. The fourth-order valence-electron chi connectivity index (χ4n) is 4.01. The van der Waals surface area contributed by atoms with Crippen LogP contribution in [-0.2, 0) is 0 Å². The van der Waals surface area contributed by atoms with Gasteiger partial charge in [-0.05, 0) is 17.5 Å². The van der Waals surface area contributed by atoms with Crippen LogP contribution < -0.4 is 5.43 Å². The lowest BCUT2D eigenvalue weighted by Crippen LogP contribution is -2.26. The highest BCUT2D eigenvalue weighted by molar-refractivity contribution is 5.76. The van der Waals surface area contributed by atoms with Gasteiger partial charge < -0.3 is 5.11 Å². The van der Waals surface area contributed by atoms with E-state index in [1.54, 1.807) is 4.68 Å². The van der Waals surface area contributed by atoms with Crippen molar-refractivity contribution in [2.45, 2.75) is 51.0 Å². The first-order valence-electron chi connectivity index (χ1n) is 10.5. The first-order valence-corrected chi connectivity index (χ1v) is 10.5. The molecule has 156 valence electrons. The van der Waals surface area contributed by atoms with Gasteiger partial charge in [-0.1, -0.05) is 93.3 Å². The Kier molecular flexibility index (Phi) is 7.55. The molecule has 1 N–H and O–H groups in total. The number of benzene rings is 2. The van der Waals surface area contributed by atoms with Crippen molar-refractivity contribution in [1.82, 2.24) is 9.78 Å². The maximum absolute atomic E-state index is 11.9. The maximum Gasteiger partial charge on any atom is 0.242 e. The van der Waals surface area contributed by atoms with E-state index in [0.717, 1.165) is 49.4 Å². The average molecular weight is 405 g/mol. The number of aldehydes is 1. The summed E-state index contributed by atoms with van der Waals surface area (Å²) in [6.45, 7) is 2.17. The van der Waals surface area contributed by atoms with Gasteiger partial charge in [0.25, 0.3) is 0 Å². The summed E-state index contributed by atoms with van der Waals surface area (Å²) in [6, 6.07) is 20.0. The standard InChI is InChI=1S/C25H28N2O3/c1-2-3-4-11-16-21(27-22(18-28)25(30)23(29)17-26-27)24(19-12-7-5-8-13-19)20-14-9-6-10-15-20/h5-10,12-15,17-18,21,24,30H,2-4,11,16H2,1H3. The number of aromatic hydroxyl groups is 1. The molecule has 5 nitrogen and oxygen atoms in total. The van der Waals surface area contributed by atoms with Crippen molar-refractivity contribution < 1.29 is 9.90 Å². The van der Waals surface area contributed by atoms with Gasteiger partial charge in [0.1, 0.15) is 5.69 Å². The number of rotatable bonds is 10. The van der Waals surface area contributed by atoms with E-state index in [2.05, 4.69) is 36.3 Å². The molecule has 1 atom stereocenters. The molecule has 0 amide bonds. The van der Waals surface area contributed by atoms with Crippen molar-refractivity contribution in [2.24, 2.45) is 0 Å². The summed E-state index contributed by atoms with van der Waals surface area (Å²) in [5, 5.41) is 14.5. The van der Waals surface area contributed by atoms with E-state index in [-0.39, 0.29) is 17.7 Å². The molecule has 0 saturated heterocycles. The minimum atomic E-state index is -0.644. The molecule has 1 aromatic heterocycles. The van der Waals surface area contributed by atoms with Gasteiger partial charge in [0.15, 0.2) is 12.0 Å². The Morgan fingerprint density at radius 1 is 0.967 bits per heavy atom. The van der Waals surface area contributed by atoms with Gasteiger partial charge in [0.2, 0.25) is 5.43 Å². The molecule has 2 aromatic carbocycles. The van der Waals surface area contributed by atoms with Gasteiger partial charge in [-0.25, -0.2) is 0 Å². The summed E-state index contributed by atoms with van der Waals surface area (Å²) in [5.41, 5.74) is 1.48. The van der Waals surface area contributed by atoms with Crippen LogP contribution in [0.2, 0.25) is 0 Å². The Morgan fingerprint density at radius 3 is 2.10 bits per heavy atom. The van der Waals surface area contributed by atoms with E-state index in [0.29, 0.717) is 6.29 Å². The van der Waals surface area contributed by atoms with Crippen LogP contribution in [0.15, 0.2) is 71.7 Å². The predicted octanol–water partition coefficient (Wildman–Crippen LogP) is 5.11. The molecule has 1 unspecified atom stereocenters. The van der Waals surface area contributed by atoms with E-state index in [4.69, 9.17) is 0 Å². The topological polar surface area (TPSA) is 72.2 Å². The van der Waals surface area contributed by atoms with Crippen LogP contribution in [0.4, 0.5) is 0 Å². The molecule has 3 rings (SSSR count). The van der Waals surface area contributed by atoms with E-state index in [1.807, 2.05) is 36.4 Å². The third kappa shape index (κ3) is 4.85. The quantitative estimate of drug-likeness (QED) is 0.377. The second-order valence-electron chi connectivity index (χ2n) is 7.52. The van der Waals surface area contributed by atoms with Crippen molar-refractivity contribution in [3.05, 3.63) is 93.9 Å². The van der Waals surface area contributed by atoms with Crippen LogP contribution in [0.5, 0.6) is 5.75 Å². The number of nitrogens with zero attached hydrogens (tertiary/aromatic N) is 2. The van der Waals surface area contributed by atoms with Crippen molar-refractivity contribution >= 4 is 6.29 Å². The lowest BCUT2D eigenvalue weighted by atomic mass is 9.82. The molecule has 0 fully saturated rings. The normalized spacial score (nSPS) is 12.1. The molecule has 0 aliphatic heterocycles. The summed E-state index contributed by atoms with van der Waals surface area (Å²) >= 11 is 0. The third-order valence-corrected chi connectivity index (χ3v) is 5.50. The zero-order chi connectivity index (χ0) is 21.3. The van der Waals surface area contributed by atoms with Crippen LogP contribution in [0.3, 0.4) is 0 Å². The molecular weight excluding hydrogens is 376 g/mol. The summed E-state index contributed by atoms with van der Waals surface area (Å²) in [6.07, 6.45) is 6.68. The molecule has 1 heterocycles. The van der Waals surface area contributed by atoms with Crippen LogP contribution in [0.25, 0.3) is 0 Å². The molecule has 0 bridgehead atoms. The number of aromatic nitrogens is 2. The molecule has 30 heavy (non-hydrogen) atoms. The molecule has 0 radical (unpaired) electrons. The van der Waals surface area contributed by atoms with E-state index < -0.39 is 11.2 Å². The largest absolute Gasteiger partial charge is 0.503 e. The molecule has 0 aliphatic rings. The van der Waals surface area contributed by atoms with Crippen molar-refractivity contribution in [2.75, 3.05) is 0 Å². The molecule has 5 heteroatoms. The molecule has 0 aliphatic carbocycles. The zero-order valence-corrected chi connectivity index (χ0v) is 17.3. The minimum absolute atomic E-state index is 0.0696. The van der Waals surface area contributed by atoms with Gasteiger partial charge >= 0.3 is 0 Å². The lowest BCUT2D eigenvalue weighted by molar-refractivity contribution is 0.110. The lowest BCUT2D eigenvalue weighted by Gasteiger charge is -2.30. The van der Waals surface area contributed by atoms with Crippen molar-refractivity contribution in [3.63, 3.8) is 0 Å².